The monoisotopic (exact) mass is 380 g/mol. The average Bonchev–Trinajstić information content (AvgIpc) is 3.25. The number of hydrogen-bond acceptors (Lipinski definition) is 7. The standard InChI is InChI=1S/C19H24N8O/c1-24(2)19-20-10-6-16(22-19)25-12-7-15(8-13-25)14-27-18(28)5-4-17(23-27)26-11-3-9-21-26/h3-6,9-11,15H,7-8,12-14H2,1-2H3. The zero-order valence-corrected chi connectivity index (χ0v) is 16.1. The topological polar surface area (TPSA) is 85.0 Å². The highest BCUT2D eigenvalue weighted by Gasteiger charge is 2.22. The number of rotatable bonds is 5. The summed E-state index contributed by atoms with van der Waals surface area (Å²) in [5.74, 6) is 2.72. The van der Waals surface area contributed by atoms with Crippen LogP contribution in [0.2, 0.25) is 0 Å². The number of hydrogen-bond donors (Lipinski definition) is 0. The van der Waals surface area contributed by atoms with E-state index in [9.17, 15) is 4.79 Å². The third-order valence-electron chi connectivity index (χ3n) is 4.99. The highest BCUT2D eigenvalue weighted by atomic mass is 16.1. The molecule has 9 heteroatoms. The minimum absolute atomic E-state index is 0.0789. The number of anilines is 2. The molecule has 4 heterocycles. The molecule has 1 saturated heterocycles. The van der Waals surface area contributed by atoms with Crippen molar-refractivity contribution >= 4 is 11.8 Å². The molecule has 28 heavy (non-hydrogen) atoms. The van der Waals surface area contributed by atoms with Gasteiger partial charge in [-0.25, -0.2) is 14.3 Å². The molecule has 1 fully saturated rings. The summed E-state index contributed by atoms with van der Waals surface area (Å²) < 4.78 is 3.22. The maximum absolute atomic E-state index is 12.2. The van der Waals surface area contributed by atoms with E-state index < -0.39 is 0 Å². The van der Waals surface area contributed by atoms with Gasteiger partial charge in [0.2, 0.25) is 5.95 Å². The van der Waals surface area contributed by atoms with Crippen molar-refractivity contribution in [3.05, 3.63) is 53.2 Å². The van der Waals surface area contributed by atoms with Crippen molar-refractivity contribution < 1.29 is 0 Å². The molecule has 1 aliphatic rings. The second-order valence-electron chi connectivity index (χ2n) is 7.20. The molecule has 4 rings (SSSR count). The van der Waals surface area contributed by atoms with Crippen LogP contribution in [0.5, 0.6) is 0 Å². The van der Waals surface area contributed by atoms with Gasteiger partial charge in [0, 0.05) is 58.4 Å². The molecule has 0 aliphatic carbocycles. The number of aromatic nitrogens is 6. The Morgan fingerprint density at radius 3 is 2.64 bits per heavy atom. The van der Waals surface area contributed by atoms with Crippen molar-refractivity contribution in [1.29, 1.82) is 0 Å². The van der Waals surface area contributed by atoms with Crippen LogP contribution in [0.15, 0.2) is 47.7 Å². The normalized spacial score (nSPS) is 15.0. The summed E-state index contributed by atoms with van der Waals surface area (Å²) in [5.41, 5.74) is -0.0789. The lowest BCUT2D eigenvalue weighted by Crippen LogP contribution is -2.37. The Hall–Kier alpha value is -3.23. The average molecular weight is 380 g/mol. The Bertz CT molecular complexity index is 974. The molecular weight excluding hydrogens is 356 g/mol. The fourth-order valence-corrected chi connectivity index (χ4v) is 3.42. The molecule has 0 radical (unpaired) electrons. The van der Waals surface area contributed by atoms with E-state index in [0.717, 1.165) is 31.7 Å². The predicted octanol–water partition coefficient (Wildman–Crippen LogP) is 1.20. The molecule has 0 saturated carbocycles. The van der Waals surface area contributed by atoms with Crippen molar-refractivity contribution in [2.45, 2.75) is 19.4 Å². The summed E-state index contributed by atoms with van der Waals surface area (Å²) >= 11 is 0. The van der Waals surface area contributed by atoms with Gasteiger partial charge in [0.15, 0.2) is 5.82 Å². The molecule has 3 aromatic heterocycles. The smallest absolute Gasteiger partial charge is 0.266 e. The highest BCUT2D eigenvalue weighted by Crippen LogP contribution is 2.23. The summed E-state index contributed by atoms with van der Waals surface area (Å²) in [6.07, 6.45) is 7.29. The molecule has 0 N–H and O–H groups in total. The molecule has 1 aliphatic heterocycles. The Morgan fingerprint density at radius 1 is 1.11 bits per heavy atom. The van der Waals surface area contributed by atoms with Crippen LogP contribution in [0.3, 0.4) is 0 Å². The van der Waals surface area contributed by atoms with Gasteiger partial charge < -0.3 is 9.80 Å². The number of nitrogens with zero attached hydrogens (tertiary/aromatic N) is 8. The lowest BCUT2D eigenvalue weighted by molar-refractivity contribution is 0.333. The van der Waals surface area contributed by atoms with E-state index in [0.29, 0.717) is 24.2 Å². The first-order valence-electron chi connectivity index (χ1n) is 9.43. The van der Waals surface area contributed by atoms with Gasteiger partial charge in [0.25, 0.3) is 5.56 Å². The number of piperidine rings is 1. The van der Waals surface area contributed by atoms with Gasteiger partial charge >= 0.3 is 0 Å². The Kier molecular flexibility index (Phi) is 5.05. The third kappa shape index (κ3) is 3.88. The van der Waals surface area contributed by atoms with E-state index in [-0.39, 0.29) is 5.56 Å². The molecule has 0 unspecified atom stereocenters. The molecule has 9 nitrogen and oxygen atoms in total. The second kappa shape index (κ2) is 7.79. The molecule has 0 amide bonds. The van der Waals surface area contributed by atoms with Crippen molar-refractivity contribution in [2.24, 2.45) is 5.92 Å². The second-order valence-corrected chi connectivity index (χ2v) is 7.20. The lowest BCUT2D eigenvalue weighted by Gasteiger charge is -2.33. The molecule has 0 aromatic carbocycles. The highest BCUT2D eigenvalue weighted by molar-refractivity contribution is 5.43. The van der Waals surface area contributed by atoms with Gasteiger partial charge in [0.1, 0.15) is 5.82 Å². The van der Waals surface area contributed by atoms with Crippen LogP contribution >= 0.6 is 0 Å². The zero-order chi connectivity index (χ0) is 19.5. The summed E-state index contributed by atoms with van der Waals surface area (Å²) in [7, 11) is 3.88. The van der Waals surface area contributed by atoms with E-state index >= 15 is 0 Å². The maximum Gasteiger partial charge on any atom is 0.266 e. The maximum atomic E-state index is 12.2. The molecule has 0 bridgehead atoms. The zero-order valence-electron chi connectivity index (χ0n) is 16.1. The SMILES string of the molecule is CN(C)c1nccc(N2CCC(Cn3nc(-n4cccn4)ccc3=O)CC2)n1. The van der Waals surface area contributed by atoms with Crippen LogP contribution in [0.25, 0.3) is 5.82 Å². The van der Waals surface area contributed by atoms with Gasteiger partial charge in [-0.15, -0.1) is 5.10 Å². The lowest BCUT2D eigenvalue weighted by atomic mass is 9.97. The van der Waals surface area contributed by atoms with E-state index in [1.54, 1.807) is 33.9 Å². The van der Waals surface area contributed by atoms with E-state index in [1.807, 2.05) is 37.3 Å². The van der Waals surface area contributed by atoms with Crippen molar-refractivity contribution in [3.63, 3.8) is 0 Å². The summed E-state index contributed by atoms with van der Waals surface area (Å²) in [5, 5.41) is 8.67. The van der Waals surface area contributed by atoms with E-state index in [4.69, 9.17) is 0 Å². The van der Waals surface area contributed by atoms with Crippen molar-refractivity contribution in [1.82, 2.24) is 29.5 Å². The van der Waals surface area contributed by atoms with Crippen LogP contribution in [0, 0.1) is 5.92 Å². The largest absolute Gasteiger partial charge is 0.356 e. The Balaban J connectivity index is 1.42. The first-order chi connectivity index (χ1) is 13.6. The first kappa shape index (κ1) is 18.1. The molecule has 0 atom stereocenters. The Morgan fingerprint density at radius 2 is 1.93 bits per heavy atom. The van der Waals surface area contributed by atoms with Gasteiger partial charge in [-0.2, -0.15) is 10.1 Å². The quantitative estimate of drug-likeness (QED) is 0.657. The molecule has 3 aromatic rings. The van der Waals surface area contributed by atoms with Crippen LogP contribution in [-0.4, -0.2) is 56.7 Å². The molecule has 0 spiro atoms. The Labute approximate surface area is 163 Å². The van der Waals surface area contributed by atoms with Gasteiger partial charge in [-0.3, -0.25) is 4.79 Å². The van der Waals surface area contributed by atoms with Crippen molar-refractivity contribution in [3.8, 4) is 5.82 Å². The van der Waals surface area contributed by atoms with Crippen LogP contribution in [-0.2, 0) is 6.54 Å². The molecular formula is C19H24N8O. The van der Waals surface area contributed by atoms with Crippen LogP contribution in [0.4, 0.5) is 11.8 Å². The van der Waals surface area contributed by atoms with Crippen molar-refractivity contribution in [2.75, 3.05) is 37.0 Å². The van der Waals surface area contributed by atoms with E-state index in [1.165, 1.54) is 0 Å². The first-order valence-corrected chi connectivity index (χ1v) is 9.43. The summed E-state index contributed by atoms with van der Waals surface area (Å²) in [4.78, 5) is 25.3. The minimum atomic E-state index is -0.0789. The fourth-order valence-electron chi connectivity index (χ4n) is 3.42. The fraction of sp³-hybridized carbons (Fsp3) is 0.421. The minimum Gasteiger partial charge on any atom is -0.356 e. The van der Waals surface area contributed by atoms with Gasteiger partial charge in [0.05, 0.1) is 0 Å². The van der Waals surface area contributed by atoms with Gasteiger partial charge in [-0.1, -0.05) is 0 Å². The van der Waals surface area contributed by atoms with Gasteiger partial charge in [-0.05, 0) is 37.0 Å². The van der Waals surface area contributed by atoms with E-state index in [2.05, 4.69) is 25.1 Å². The molecule has 146 valence electrons. The predicted molar refractivity (Wildman–Crippen MR) is 107 cm³/mol. The van der Waals surface area contributed by atoms with Crippen LogP contribution < -0.4 is 15.4 Å². The third-order valence-corrected chi connectivity index (χ3v) is 4.99. The summed E-state index contributed by atoms with van der Waals surface area (Å²) in [6, 6.07) is 7.04. The van der Waals surface area contributed by atoms with Crippen LogP contribution in [0.1, 0.15) is 12.8 Å². The summed E-state index contributed by atoms with van der Waals surface area (Å²) in [6.45, 7) is 2.43.